The molecule has 0 aromatic carbocycles. The molecule has 0 radical (unpaired) electrons. The van der Waals surface area contributed by atoms with Crippen LogP contribution in [0.3, 0.4) is 0 Å². The van der Waals surface area contributed by atoms with Crippen molar-refractivity contribution < 1.29 is 19.1 Å². The van der Waals surface area contributed by atoms with Gasteiger partial charge in [-0.05, 0) is 27.7 Å². The highest BCUT2D eigenvalue weighted by Gasteiger charge is 2.41. The number of carbonyl (C=O) groups excluding carboxylic acids is 1. The second kappa shape index (κ2) is 4.92. The number of hydrogen-bond donors (Lipinski definition) is 1. The van der Waals surface area contributed by atoms with Gasteiger partial charge in [0.05, 0.1) is 10.9 Å². The highest BCUT2D eigenvalue weighted by molar-refractivity contribution is 8.00. The zero-order chi connectivity index (χ0) is 14.3. The standard InChI is InChI=1S/C13H17NO4S/c1-6-7(2)18-8(3)11(6)12(15)14-9(4)19-5-10(14)13(16)17/h9-10H,5H2,1-4H3,(H,16,17). The fraction of sp³-hybridized carbons (Fsp3) is 0.538. The van der Waals surface area contributed by atoms with E-state index in [9.17, 15) is 14.7 Å². The van der Waals surface area contributed by atoms with Crippen LogP contribution in [-0.2, 0) is 4.79 Å². The maximum absolute atomic E-state index is 12.6. The maximum Gasteiger partial charge on any atom is 0.327 e. The summed E-state index contributed by atoms with van der Waals surface area (Å²) in [5, 5.41) is 9.07. The highest BCUT2D eigenvalue weighted by atomic mass is 32.2. The molecule has 1 aromatic rings. The third-order valence-corrected chi connectivity index (χ3v) is 4.74. The van der Waals surface area contributed by atoms with Crippen molar-refractivity contribution in [1.29, 1.82) is 0 Å². The fourth-order valence-electron chi connectivity index (χ4n) is 2.38. The van der Waals surface area contributed by atoms with Gasteiger partial charge in [0.1, 0.15) is 17.6 Å². The van der Waals surface area contributed by atoms with E-state index in [1.54, 1.807) is 13.8 Å². The average molecular weight is 283 g/mol. The van der Waals surface area contributed by atoms with Crippen LogP contribution in [0.4, 0.5) is 0 Å². The number of thioether (sulfide) groups is 1. The van der Waals surface area contributed by atoms with E-state index in [-0.39, 0.29) is 11.3 Å². The molecular formula is C13H17NO4S. The lowest BCUT2D eigenvalue weighted by molar-refractivity contribution is -0.141. The summed E-state index contributed by atoms with van der Waals surface area (Å²) in [4.78, 5) is 25.3. The Hall–Kier alpha value is -1.43. The van der Waals surface area contributed by atoms with Crippen LogP contribution in [-0.4, -0.2) is 39.1 Å². The van der Waals surface area contributed by atoms with Crippen LogP contribution in [0, 0.1) is 20.8 Å². The molecule has 0 aliphatic carbocycles. The van der Waals surface area contributed by atoms with Crippen LogP contribution >= 0.6 is 11.8 Å². The Morgan fingerprint density at radius 1 is 1.32 bits per heavy atom. The summed E-state index contributed by atoms with van der Waals surface area (Å²) >= 11 is 1.48. The lowest BCUT2D eigenvalue weighted by Crippen LogP contribution is -2.45. The predicted octanol–water partition coefficient (Wildman–Crippen LogP) is 2.19. The van der Waals surface area contributed by atoms with Gasteiger partial charge in [-0.15, -0.1) is 11.8 Å². The minimum atomic E-state index is -0.958. The first kappa shape index (κ1) is 14.0. The van der Waals surface area contributed by atoms with Crippen LogP contribution in [0.1, 0.15) is 34.4 Å². The molecule has 2 atom stereocenters. The van der Waals surface area contributed by atoms with E-state index in [4.69, 9.17) is 4.42 Å². The third-order valence-electron chi connectivity index (χ3n) is 3.52. The summed E-state index contributed by atoms with van der Waals surface area (Å²) in [6, 6.07) is -0.762. The zero-order valence-corrected chi connectivity index (χ0v) is 12.2. The Bertz CT molecular complexity index is 537. The smallest absolute Gasteiger partial charge is 0.327 e. The van der Waals surface area contributed by atoms with E-state index in [0.717, 1.165) is 5.56 Å². The Balaban J connectivity index is 2.40. The molecule has 19 heavy (non-hydrogen) atoms. The van der Waals surface area contributed by atoms with E-state index < -0.39 is 12.0 Å². The molecule has 0 spiro atoms. The average Bonchev–Trinajstić information content (AvgIpc) is 2.81. The van der Waals surface area contributed by atoms with Gasteiger partial charge >= 0.3 is 5.97 Å². The summed E-state index contributed by atoms with van der Waals surface area (Å²) < 4.78 is 5.46. The number of amides is 1. The van der Waals surface area contributed by atoms with Crippen molar-refractivity contribution in [3.8, 4) is 0 Å². The van der Waals surface area contributed by atoms with Gasteiger partial charge in [0.2, 0.25) is 0 Å². The van der Waals surface area contributed by atoms with E-state index in [2.05, 4.69) is 0 Å². The molecule has 2 heterocycles. The maximum atomic E-state index is 12.6. The molecule has 1 aliphatic heterocycles. The highest BCUT2D eigenvalue weighted by Crippen LogP contribution is 2.32. The van der Waals surface area contributed by atoms with Crippen LogP contribution in [0.2, 0.25) is 0 Å². The number of carbonyl (C=O) groups is 2. The Morgan fingerprint density at radius 3 is 2.42 bits per heavy atom. The first-order valence-corrected chi connectivity index (χ1v) is 7.13. The fourth-order valence-corrected chi connectivity index (χ4v) is 3.55. The van der Waals surface area contributed by atoms with Gasteiger partial charge in [-0.1, -0.05) is 0 Å². The molecule has 0 bridgehead atoms. The topological polar surface area (TPSA) is 70.8 Å². The second-order valence-corrected chi connectivity index (χ2v) is 6.06. The largest absolute Gasteiger partial charge is 0.480 e. The van der Waals surface area contributed by atoms with Crippen LogP contribution < -0.4 is 0 Å². The van der Waals surface area contributed by atoms with Crippen molar-refractivity contribution in [2.24, 2.45) is 0 Å². The lowest BCUT2D eigenvalue weighted by Gasteiger charge is -2.25. The second-order valence-electron chi connectivity index (χ2n) is 4.71. The first-order chi connectivity index (χ1) is 8.84. The number of furan rings is 1. The number of carboxylic acid groups (broad SMARTS) is 1. The Morgan fingerprint density at radius 2 is 1.95 bits per heavy atom. The van der Waals surface area contributed by atoms with E-state index >= 15 is 0 Å². The number of carboxylic acids is 1. The molecule has 2 rings (SSSR count). The van der Waals surface area contributed by atoms with Crippen molar-refractivity contribution in [3.05, 3.63) is 22.6 Å². The van der Waals surface area contributed by atoms with Gasteiger partial charge in [0.15, 0.2) is 0 Å². The van der Waals surface area contributed by atoms with E-state index in [0.29, 0.717) is 22.8 Å². The SMILES string of the molecule is Cc1oc(C)c(C(=O)N2C(C)SCC2C(=O)O)c1C. The molecule has 1 fully saturated rings. The normalized spacial score (nSPS) is 22.8. The van der Waals surface area contributed by atoms with Crippen LogP contribution in [0.25, 0.3) is 0 Å². The van der Waals surface area contributed by atoms with Crippen molar-refractivity contribution in [3.63, 3.8) is 0 Å². The summed E-state index contributed by atoms with van der Waals surface area (Å²) in [5.74, 6) is 0.468. The number of aliphatic carboxylic acids is 1. The minimum Gasteiger partial charge on any atom is -0.480 e. The van der Waals surface area contributed by atoms with Gasteiger partial charge in [0.25, 0.3) is 5.91 Å². The van der Waals surface area contributed by atoms with E-state index in [1.807, 2.05) is 13.8 Å². The molecule has 1 N–H and O–H groups in total. The van der Waals surface area contributed by atoms with Crippen LogP contribution in [0.5, 0.6) is 0 Å². The minimum absolute atomic E-state index is 0.136. The molecule has 1 aromatic heterocycles. The Labute approximate surface area is 116 Å². The van der Waals surface area contributed by atoms with Crippen molar-refractivity contribution in [2.75, 3.05) is 5.75 Å². The third kappa shape index (κ3) is 2.25. The van der Waals surface area contributed by atoms with E-state index in [1.165, 1.54) is 16.7 Å². The van der Waals surface area contributed by atoms with Crippen molar-refractivity contribution >= 4 is 23.6 Å². The number of rotatable bonds is 2. The lowest BCUT2D eigenvalue weighted by atomic mass is 10.1. The molecule has 1 saturated heterocycles. The molecule has 1 aliphatic rings. The number of aryl methyl sites for hydroxylation is 2. The molecular weight excluding hydrogens is 266 g/mol. The molecule has 104 valence electrons. The Kier molecular flexibility index (Phi) is 3.62. The molecule has 2 unspecified atom stereocenters. The van der Waals surface area contributed by atoms with Crippen molar-refractivity contribution in [1.82, 2.24) is 4.90 Å². The molecule has 0 saturated carbocycles. The number of hydrogen-bond acceptors (Lipinski definition) is 4. The monoisotopic (exact) mass is 283 g/mol. The predicted molar refractivity (Wildman–Crippen MR) is 72.4 cm³/mol. The van der Waals surface area contributed by atoms with Crippen molar-refractivity contribution in [2.45, 2.75) is 39.1 Å². The quantitative estimate of drug-likeness (QED) is 0.901. The van der Waals surface area contributed by atoms with Gasteiger partial charge in [0, 0.05) is 11.3 Å². The van der Waals surface area contributed by atoms with Gasteiger partial charge in [-0.2, -0.15) is 0 Å². The van der Waals surface area contributed by atoms with Crippen LogP contribution in [0.15, 0.2) is 4.42 Å². The summed E-state index contributed by atoms with van der Waals surface area (Å²) in [6.07, 6.45) is 0. The summed E-state index contributed by atoms with van der Waals surface area (Å²) in [6.45, 7) is 7.21. The first-order valence-electron chi connectivity index (χ1n) is 6.08. The number of nitrogens with zero attached hydrogens (tertiary/aromatic N) is 1. The molecule has 6 heteroatoms. The zero-order valence-electron chi connectivity index (χ0n) is 11.4. The summed E-state index contributed by atoms with van der Waals surface area (Å²) in [7, 11) is 0. The van der Waals surface area contributed by atoms with Gasteiger partial charge in [-0.3, -0.25) is 4.79 Å². The van der Waals surface area contributed by atoms with Gasteiger partial charge < -0.3 is 14.4 Å². The summed E-state index contributed by atoms with van der Waals surface area (Å²) in [5.41, 5.74) is 1.29. The molecule has 5 nitrogen and oxygen atoms in total. The molecule has 1 amide bonds. The van der Waals surface area contributed by atoms with Gasteiger partial charge in [-0.25, -0.2) is 4.79 Å².